The van der Waals surface area contributed by atoms with Crippen molar-refractivity contribution in [2.24, 2.45) is 0 Å². The zero-order valence-corrected chi connectivity index (χ0v) is 8.83. The van der Waals surface area contributed by atoms with Crippen LogP contribution in [0.4, 0.5) is 11.5 Å². The van der Waals surface area contributed by atoms with Gasteiger partial charge in [0.25, 0.3) is 0 Å². The van der Waals surface area contributed by atoms with Crippen molar-refractivity contribution >= 4 is 11.5 Å². The van der Waals surface area contributed by atoms with Crippen LogP contribution in [0.5, 0.6) is 0 Å². The minimum Gasteiger partial charge on any atom is -0.384 e. The summed E-state index contributed by atoms with van der Waals surface area (Å²) < 4.78 is 0. The molecule has 2 N–H and O–H groups in total. The van der Waals surface area contributed by atoms with Gasteiger partial charge in [0, 0.05) is 31.0 Å². The van der Waals surface area contributed by atoms with Gasteiger partial charge in [-0.15, -0.1) is 0 Å². The molecule has 0 spiro atoms. The predicted molar refractivity (Wildman–Crippen MR) is 61.4 cm³/mol. The molecule has 0 aliphatic heterocycles. The van der Waals surface area contributed by atoms with E-state index in [1.807, 2.05) is 19.1 Å². The molecule has 3 heteroatoms. The molecule has 1 aromatic rings. The van der Waals surface area contributed by atoms with Gasteiger partial charge in [0.15, 0.2) is 0 Å². The lowest BCUT2D eigenvalue weighted by Crippen LogP contribution is -2.24. The molecule has 0 amide bonds. The molecule has 3 nitrogen and oxygen atoms in total. The lowest BCUT2D eigenvalue weighted by atomic mass is 10.2. The van der Waals surface area contributed by atoms with E-state index in [1.54, 1.807) is 6.20 Å². The summed E-state index contributed by atoms with van der Waals surface area (Å²) in [4.78, 5) is 6.17. The molecule has 0 aliphatic carbocycles. The van der Waals surface area contributed by atoms with E-state index in [9.17, 15) is 0 Å². The third-order valence-electron chi connectivity index (χ3n) is 1.97. The number of rotatable bonds is 4. The molecule has 0 saturated carbocycles. The molecule has 0 aromatic carbocycles. The summed E-state index contributed by atoms with van der Waals surface area (Å²) in [5.74, 6) is 0.558. The van der Waals surface area contributed by atoms with Crippen LogP contribution in [-0.2, 0) is 0 Å². The summed E-state index contributed by atoms with van der Waals surface area (Å²) in [5.41, 5.74) is 7.86. The van der Waals surface area contributed by atoms with Crippen molar-refractivity contribution in [2.45, 2.75) is 13.8 Å². The van der Waals surface area contributed by atoms with Crippen LogP contribution in [-0.4, -0.2) is 18.1 Å². The molecule has 1 rings (SSSR count). The maximum Gasteiger partial charge on any atom is 0.125 e. The smallest absolute Gasteiger partial charge is 0.125 e. The van der Waals surface area contributed by atoms with Crippen LogP contribution in [0.3, 0.4) is 0 Å². The zero-order chi connectivity index (χ0) is 10.6. The van der Waals surface area contributed by atoms with E-state index in [0.717, 1.165) is 24.4 Å². The predicted octanol–water partition coefficient (Wildman–Crippen LogP) is 2.07. The van der Waals surface area contributed by atoms with Gasteiger partial charge >= 0.3 is 0 Å². The van der Waals surface area contributed by atoms with E-state index >= 15 is 0 Å². The van der Waals surface area contributed by atoms with Gasteiger partial charge in [-0.05, 0) is 19.9 Å². The van der Waals surface area contributed by atoms with Crippen LogP contribution in [0.25, 0.3) is 0 Å². The molecule has 14 heavy (non-hydrogen) atoms. The van der Waals surface area contributed by atoms with E-state index in [1.165, 1.54) is 0 Å². The molecule has 1 heterocycles. The molecular formula is C11H17N3. The maximum atomic E-state index is 5.62. The molecule has 76 valence electrons. The van der Waals surface area contributed by atoms with Crippen LogP contribution >= 0.6 is 0 Å². The van der Waals surface area contributed by atoms with Crippen molar-refractivity contribution in [2.75, 3.05) is 23.7 Å². The Balaban J connectivity index is 2.83. The van der Waals surface area contributed by atoms with E-state index in [2.05, 4.69) is 23.4 Å². The summed E-state index contributed by atoms with van der Waals surface area (Å²) in [6.45, 7) is 9.84. The minimum absolute atomic E-state index is 0.558. The first-order chi connectivity index (χ1) is 6.63. The molecule has 0 fully saturated rings. The Labute approximate surface area is 85.3 Å². The lowest BCUT2D eigenvalue weighted by molar-refractivity contribution is 0.879. The Kier molecular flexibility index (Phi) is 3.51. The summed E-state index contributed by atoms with van der Waals surface area (Å²) in [6.07, 6.45) is 1.73. The standard InChI is InChI=1S/C11H17N3/c1-4-14(8-9(2)3)10-5-6-13-11(12)7-10/h5-7H,2,4,8H2,1,3H3,(H2,12,13). The fourth-order valence-electron chi connectivity index (χ4n) is 1.34. The number of nitrogens with two attached hydrogens (primary N) is 1. The number of anilines is 2. The van der Waals surface area contributed by atoms with Crippen LogP contribution in [0.2, 0.25) is 0 Å². The number of likely N-dealkylation sites (N-methyl/N-ethyl adjacent to an activating group) is 1. The highest BCUT2D eigenvalue weighted by Gasteiger charge is 2.04. The number of hydrogen-bond donors (Lipinski definition) is 1. The Morgan fingerprint density at radius 3 is 2.86 bits per heavy atom. The van der Waals surface area contributed by atoms with Gasteiger partial charge in [0.2, 0.25) is 0 Å². The lowest BCUT2D eigenvalue weighted by Gasteiger charge is -2.23. The number of pyridine rings is 1. The third-order valence-corrected chi connectivity index (χ3v) is 1.97. The van der Waals surface area contributed by atoms with Gasteiger partial charge < -0.3 is 10.6 Å². The molecule has 1 aromatic heterocycles. The molecule has 0 bridgehead atoms. The second-order valence-electron chi connectivity index (χ2n) is 3.41. The molecule has 0 atom stereocenters. The molecule has 0 radical (unpaired) electrons. The molecule has 0 unspecified atom stereocenters. The average Bonchev–Trinajstić information content (AvgIpc) is 2.14. The summed E-state index contributed by atoms with van der Waals surface area (Å²) in [7, 11) is 0. The quantitative estimate of drug-likeness (QED) is 0.741. The molecule has 0 aliphatic rings. The number of aromatic nitrogens is 1. The van der Waals surface area contributed by atoms with Crippen LogP contribution < -0.4 is 10.6 Å². The van der Waals surface area contributed by atoms with Crippen molar-refractivity contribution in [1.29, 1.82) is 0 Å². The second-order valence-corrected chi connectivity index (χ2v) is 3.41. The second kappa shape index (κ2) is 4.65. The van der Waals surface area contributed by atoms with Gasteiger partial charge in [-0.1, -0.05) is 12.2 Å². The maximum absolute atomic E-state index is 5.62. The number of nitrogens with zero attached hydrogens (tertiary/aromatic N) is 2. The van der Waals surface area contributed by atoms with Crippen LogP contribution in [0.15, 0.2) is 30.5 Å². The van der Waals surface area contributed by atoms with Crippen molar-refractivity contribution in [3.63, 3.8) is 0 Å². The van der Waals surface area contributed by atoms with Gasteiger partial charge in [0.1, 0.15) is 5.82 Å². The van der Waals surface area contributed by atoms with Gasteiger partial charge in [-0.3, -0.25) is 0 Å². The highest BCUT2D eigenvalue weighted by Crippen LogP contribution is 2.16. The van der Waals surface area contributed by atoms with E-state index in [-0.39, 0.29) is 0 Å². The Morgan fingerprint density at radius 2 is 2.36 bits per heavy atom. The average molecular weight is 191 g/mol. The topological polar surface area (TPSA) is 42.2 Å². The largest absolute Gasteiger partial charge is 0.384 e. The Bertz CT molecular complexity index is 320. The van der Waals surface area contributed by atoms with E-state index in [0.29, 0.717) is 5.82 Å². The molecular weight excluding hydrogens is 174 g/mol. The Morgan fingerprint density at radius 1 is 1.64 bits per heavy atom. The van der Waals surface area contributed by atoms with Gasteiger partial charge in [-0.2, -0.15) is 0 Å². The van der Waals surface area contributed by atoms with Crippen LogP contribution in [0.1, 0.15) is 13.8 Å². The van der Waals surface area contributed by atoms with Gasteiger partial charge in [0.05, 0.1) is 0 Å². The number of hydrogen-bond acceptors (Lipinski definition) is 3. The van der Waals surface area contributed by atoms with Crippen LogP contribution in [0, 0.1) is 0 Å². The first kappa shape index (κ1) is 10.6. The van der Waals surface area contributed by atoms with Crippen molar-refractivity contribution in [3.8, 4) is 0 Å². The van der Waals surface area contributed by atoms with E-state index in [4.69, 9.17) is 5.73 Å². The Hall–Kier alpha value is -1.51. The normalized spacial score (nSPS) is 9.86. The SMILES string of the molecule is C=C(C)CN(CC)c1ccnc(N)c1. The first-order valence-corrected chi connectivity index (χ1v) is 4.74. The highest BCUT2D eigenvalue weighted by molar-refractivity contribution is 5.52. The number of nitrogen functional groups attached to an aromatic ring is 1. The zero-order valence-electron chi connectivity index (χ0n) is 8.83. The molecule has 0 saturated heterocycles. The summed E-state index contributed by atoms with van der Waals surface area (Å²) in [6, 6.07) is 3.84. The first-order valence-electron chi connectivity index (χ1n) is 4.74. The third kappa shape index (κ3) is 2.76. The van der Waals surface area contributed by atoms with Gasteiger partial charge in [-0.25, -0.2) is 4.98 Å². The fourth-order valence-corrected chi connectivity index (χ4v) is 1.34. The fraction of sp³-hybridized carbons (Fsp3) is 0.364. The van der Waals surface area contributed by atoms with Crippen molar-refractivity contribution in [1.82, 2.24) is 4.98 Å². The summed E-state index contributed by atoms with van der Waals surface area (Å²) in [5, 5.41) is 0. The van der Waals surface area contributed by atoms with Crippen molar-refractivity contribution in [3.05, 3.63) is 30.5 Å². The highest BCUT2D eigenvalue weighted by atomic mass is 15.1. The minimum atomic E-state index is 0.558. The summed E-state index contributed by atoms with van der Waals surface area (Å²) >= 11 is 0. The van der Waals surface area contributed by atoms with Crippen molar-refractivity contribution < 1.29 is 0 Å². The van der Waals surface area contributed by atoms with E-state index < -0.39 is 0 Å². The monoisotopic (exact) mass is 191 g/mol.